The van der Waals surface area contributed by atoms with Crippen molar-refractivity contribution in [2.75, 3.05) is 6.54 Å². The van der Waals surface area contributed by atoms with Crippen molar-refractivity contribution in [1.82, 2.24) is 10.3 Å². The average Bonchev–Trinajstić information content (AvgIpc) is 3.33. The zero-order chi connectivity index (χ0) is 26.5. The lowest BCUT2D eigenvalue weighted by molar-refractivity contribution is -0.152. The van der Waals surface area contributed by atoms with Crippen LogP contribution in [0.3, 0.4) is 0 Å². The van der Waals surface area contributed by atoms with Gasteiger partial charge in [-0.05, 0) is 36.0 Å². The molecule has 4 rings (SSSR count). The first-order chi connectivity index (χ1) is 17.8. The van der Waals surface area contributed by atoms with Gasteiger partial charge in [-0.15, -0.1) is 0 Å². The van der Waals surface area contributed by atoms with Crippen molar-refractivity contribution in [2.45, 2.75) is 49.8 Å². The van der Waals surface area contributed by atoms with Crippen LogP contribution in [0, 0.1) is 11.8 Å². The Bertz CT molecular complexity index is 1170. The minimum Gasteiger partial charge on any atom is -0.459 e. The average molecular weight is 511 g/mol. The molecule has 1 aromatic heterocycles. The van der Waals surface area contributed by atoms with Gasteiger partial charge in [-0.1, -0.05) is 48.5 Å². The van der Waals surface area contributed by atoms with Crippen molar-refractivity contribution >= 4 is 22.8 Å². The summed E-state index contributed by atoms with van der Waals surface area (Å²) in [7, 11) is 0. The van der Waals surface area contributed by atoms with Crippen LogP contribution >= 0.6 is 0 Å². The maximum atomic E-state index is 13.2. The number of hydrogen-bond donors (Lipinski definition) is 7. The van der Waals surface area contributed by atoms with Crippen LogP contribution < -0.4 is 16.8 Å². The highest BCUT2D eigenvalue weighted by molar-refractivity contribution is 5.88. The quantitative estimate of drug-likeness (QED) is 0.195. The first-order valence-electron chi connectivity index (χ1n) is 12.4. The molecule has 0 radical (unpaired) electrons. The van der Waals surface area contributed by atoms with E-state index < -0.39 is 54.1 Å². The van der Waals surface area contributed by atoms with E-state index >= 15 is 0 Å². The first kappa shape index (κ1) is 26.8. The summed E-state index contributed by atoms with van der Waals surface area (Å²) in [6.07, 6.45) is -3.84. The van der Waals surface area contributed by atoms with E-state index in [0.29, 0.717) is 0 Å². The van der Waals surface area contributed by atoms with Crippen LogP contribution in [0.1, 0.15) is 17.7 Å². The van der Waals surface area contributed by atoms with Crippen LogP contribution in [0.5, 0.6) is 0 Å². The van der Waals surface area contributed by atoms with Crippen LogP contribution in [0.4, 0.5) is 0 Å². The van der Waals surface area contributed by atoms with Gasteiger partial charge in [0.25, 0.3) is 0 Å². The molecule has 0 aliphatic heterocycles. The highest BCUT2D eigenvalue weighted by Gasteiger charge is 2.46. The fraction of sp³-hybridized carbons (Fsp3) is 0.407. The van der Waals surface area contributed by atoms with Gasteiger partial charge < -0.3 is 41.8 Å². The molecule has 0 saturated heterocycles. The van der Waals surface area contributed by atoms with Crippen LogP contribution in [-0.2, 0) is 27.4 Å². The molecule has 3 aromatic rings. The molecule has 37 heavy (non-hydrogen) atoms. The molecular weight excluding hydrogens is 476 g/mol. The second-order valence-electron chi connectivity index (χ2n) is 9.63. The molecule has 2 unspecified atom stereocenters. The van der Waals surface area contributed by atoms with E-state index in [-0.39, 0.29) is 26.0 Å². The maximum absolute atomic E-state index is 13.2. The van der Waals surface area contributed by atoms with Gasteiger partial charge in [0.15, 0.2) is 0 Å². The molecule has 2 aromatic carbocycles. The van der Waals surface area contributed by atoms with E-state index in [9.17, 15) is 24.9 Å². The molecule has 7 atom stereocenters. The number of ether oxygens (including phenoxy) is 1. The third-order valence-electron chi connectivity index (χ3n) is 7.10. The molecular formula is C27H34N4O6. The Hall–Kier alpha value is -3.28. The Morgan fingerprint density at radius 1 is 1.03 bits per heavy atom. The molecule has 1 aliphatic carbocycles. The van der Waals surface area contributed by atoms with Crippen molar-refractivity contribution < 1.29 is 29.6 Å². The third-order valence-corrected chi connectivity index (χ3v) is 7.10. The smallest absolute Gasteiger partial charge is 0.329 e. The summed E-state index contributed by atoms with van der Waals surface area (Å²) in [6, 6.07) is 16.4. The number of rotatable bonds is 9. The molecule has 198 valence electrons. The Morgan fingerprint density at radius 2 is 1.73 bits per heavy atom. The molecule has 1 aliphatic rings. The normalized spacial score (nSPS) is 25.4. The lowest BCUT2D eigenvalue weighted by Gasteiger charge is -2.42. The second-order valence-corrected chi connectivity index (χ2v) is 9.63. The number of aliphatic hydroxyl groups is 3. The summed E-state index contributed by atoms with van der Waals surface area (Å²) < 4.78 is 5.50. The topological polar surface area (TPSA) is 184 Å². The third kappa shape index (κ3) is 6.17. The highest BCUT2D eigenvalue weighted by atomic mass is 16.5. The van der Waals surface area contributed by atoms with Gasteiger partial charge in [-0.3, -0.25) is 4.79 Å². The van der Waals surface area contributed by atoms with E-state index in [2.05, 4.69) is 10.3 Å². The van der Waals surface area contributed by atoms with Gasteiger partial charge in [0.05, 0.1) is 18.2 Å². The largest absolute Gasteiger partial charge is 0.459 e. The molecule has 0 spiro atoms. The molecule has 1 heterocycles. The summed E-state index contributed by atoms with van der Waals surface area (Å²) in [5, 5.41) is 34.5. The molecule has 1 saturated carbocycles. The molecule has 10 nitrogen and oxygen atoms in total. The predicted octanol–water partition coefficient (Wildman–Crippen LogP) is -0.0566. The first-order valence-corrected chi connectivity index (χ1v) is 12.4. The number of nitrogens with two attached hydrogens (primary N) is 2. The lowest BCUT2D eigenvalue weighted by Crippen LogP contribution is -2.61. The fourth-order valence-corrected chi connectivity index (χ4v) is 4.91. The minimum absolute atomic E-state index is 0.0361. The van der Waals surface area contributed by atoms with E-state index in [1.165, 1.54) is 0 Å². The van der Waals surface area contributed by atoms with Crippen LogP contribution in [0.15, 0.2) is 60.7 Å². The Kier molecular flexibility index (Phi) is 8.57. The number of nitrogens with one attached hydrogen (secondary N) is 2. The van der Waals surface area contributed by atoms with Gasteiger partial charge in [0.1, 0.15) is 18.8 Å². The number of carbonyl (C=O) groups excluding carboxylic acids is 2. The molecule has 9 N–H and O–H groups in total. The van der Waals surface area contributed by atoms with Gasteiger partial charge in [0.2, 0.25) is 5.91 Å². The van der Waals surface area contributed by atoms with Gasteiger partial charge in [0, 0.05) is 29.5 Å². The second kappa shape index (κ2) is 11.8. The van der Waals surface area contributed by atoms with E-state index in [1.807, 2.05) is 60.7 Å². The van der Waals surface area contributed by atoms with Crippen LogP contribution in [0.2, 0.25) is 0 Å². The fourth-order valence-electron chi connectivity index (χ4n) is 4.91. The summed E-state index contributed by atoms with van der Waals surface area (Å²) in [6.45, 7) is 0.0962. The number of carbonyl (C=O) groups is 2. The standard InChI is InChI=1S/C27H34N4O6/c28-13-17-11-19(24(33)25(34)23(17)32)22(29)26(35)31-21(27(36)37-14-15-6-2-1-3-7-15)12-18-10-16-8-4-5-9-20(16)30-18/h1-10,17,19,21-25,30,32-34H,11-14,28-29H2,(H,31,35)/t17?,19?,21-,22+,23+,24+,25-/m0/s1. The van der Waals surface area contributed by atoms with Gasteiger partial charge in [-0.2, -0.15) is 0 Å². The number of amides is 1. The molecule has 1 fully saturated rings. The molecule has 0 bridgehead atoms. The predicted molar refractivity (Wildman–Crippen MR) is 137 cm³/mol. The van der Waals surface area contributed by atoms with Crippen LogP contribution in [0.25, 0.3) is 10.9 Å². The Labute approximate surface area is 214 Å². The Morgan fingerprint density at radius 3 is 2.43 bits per heavy atom. The number of fused-ring (bicyclic) bond motifs is 1. The van der Waals surface area contributed by atoms with Crippen molar-refractivity contribution in [2.24, 2.45) is 23.3 Å². The van der Waals surface area contributed by atoms with Crippen molar-refractivity contribution in [3.05, 3.63) is 71.9 Å². The number of aliphatic hydroxyl groups excluding tert-OH is 3. The number of aromatic amines is 1. The zero-order valence-electron chi connectivity index (χ0n) is 20.4. The van der Waals surface area contributed by atoms with Crippen molar-refractivity contribution in [3.8, 4) is 0 Å². The van der Waals surface area contributed by atoms with E-state index in [1.54, 1.807) is 0 Å². The summed E-state index contributed by atoms with van der Waals surface area (Å²) in [5.74, 6) is -2.70. The highest BCUT2D eigenvalue weighted by Crippen LogP contribution is 2.31. The minimum atomic E-state index is -1.48. The van der Waals surface area contributed by atoms with E-state index in [4.69, 9.17) is 16.2 Å². The number of aromatic nitrogens is 1. The Balaban J connectivity index is 1.50. The van der Waals surface area contributed by atoms with Crippen LogP contribution in [-0.4, -0.2) is 69.1 Å². The lowest BCUT2D eigenvalue weighted by atomic mass is 9.72. The number of hydrogen-bond acceptors (Lipinski definition) is 8. The number of esters is 1. The summed E-state index contributed by atoms with van der Waals surface area (Å²) in [4.78, 5) is 29.5. The molecule has 1 amide bonds. The van der Waals surface area contributed by atoms with Crippen molar-refractivity contribution in [3.63, 3.8) is 0 Å². The summed E-state index contributed by atoms with van der Waals surface area (Å²) >= 11 is 0. The van der Waals surface area contributed by atoms with Crippen molar-refractivity contribution in [1.29, 1.82) is 0 Å². The summed E-state index contributed by atoms with van der Waals surface area (Å²) in [5.41, 5.74) is 14.3. The molecule has 10 heteroatoms. The van der Waals surface area contributed by atoms with Gasteiger partial charge in [-0.25, -0.2) is 4.79 Å². The monoisotopic (exact) mass is 510 g/mol. The number of para-hydroxylation sites is 1. The number of benzene rings is 2. The van der Waals surface area contributed by atoms with E-state index in [0.717, 1.165) is 22.2 Å². The van der Waals surface area contributed by atoms with Gasteiger partial charge >= 0.3 is 5.97 Å². The maximum Gasteiger partial charge on any atom is 0.329 e. The number of H-pyrrole nitrogens is 1. The SMILES string of the molecule is NCC1CC([C@@H](N)C(=O)N[C@@H](Cc2cc3ccccc3[nH]2)C(=O)OCc2ccccc2)[C@@H](O)[C@@H](O)[C@@H]1O. The zero-order valence-corrected chi connectivity index (χ0v) is 20.4.